The predicted octanol–water partition coefficient (Wildman–Crippen LogP) is 4.05. The maximum absolute atomic E-state index is 12.7. The second-order valence-electron chi connectivity index (χ2n) is 5.13. The van der Waals surface area contributed by atoms with Gasteiger partial charge < -0.3 is 0 Å². The molecule has 122 valence electrons. The molecule has 1 N–H and O–H groups in total. The van der Waals surface area contributed by atoms with Crippen LogP contribution in [0.2, 0.25) is 5.15 Å². The molecule has 1 aromatic carbocycles. The number of carbonyl (C=O) groups is 1. The first-order valence-corrected chi connectivity index (χ1v) is 8.46. The van der Waals surface area contributed by atoms with Gasteiger partial charge in [0.2, 0.25) is 5.13 Å². The van der Waals surface area contributed by atoms with Gasteiger partial charge in [-0.05, 0) is 24.3 Å². The van der Waals surface area contributed by atoms with Crippen LogP contribution in [0, 0.1) is 0 Å². The number of anilines is 1. The fourth-order valence-corrected chi connectivity index (χ4v) is 3.17. The van der Waals surface area contributed by atoms with E-state index in [2.05, 4.69) is 24.6 Å². The van der Waals surface area contributed by atoms with Crippen LogP contribution in [0.25, 0.3) is 22.3 Å². The van der Waals surface area contributed by atoms with E-state index in [1.165, 1.54) is 0 Å². The van der Waals surface area contributed by atoms with Gasteiger partial charge in [-0.1, -0.05) is 29.8 Å². The molecule has 0 saturated heterocycles. The monoisotopic (exact) mass is 367 g/mol. The molecule has 4 aromatic rings. The molecule has 3 aromatic heterocycles. The number of para-hydroxylation sites is 1. The minimum Gasteiger partial charge on any atom is -0.297 e. The molecule has 25 heavy (non-hydrogen) atoms. The summed E-state index contributed by atoms with van der Waals surface area (Å²) >= 11 is 7.14. The van der Waals surface area contributed by atoms with Gasteiger partial charge in [0.15, 0.2) is 5.82 Å². The topological polar surface area (TPSA) is 80.7 Å². The Hall–Kier alpha value is -2.90. The molecule has 0 aliphatic rings. The van der Waals surface area contributed by atoms with Crippen molar-refractivity contribution in [2.75, 3.05) is 5.32 Å². The van der Waals surface area contributed by atoms with Crippen LogP contribution in [0.4, 0.5) is 5.13 Å². The molecule has 0 bridgehead atoms. The summed E-state index contributed by atoms with van der Waals surface area (Å²) in [7, 11) is 0. The van der Waals surface area contributed by atoms with Crippen LogP contribution in [0.5, 0.6) is 0 Å². The van der Waals surface area contributed by atoms with E-state index >= 15 is 0 Å². The van der Waals surface area contributed by atoms with Crippen molar-refractivity contribution in [3.05, 3.63) is 65.6 Å². The van der Waals surface area contributed by atoms with Crippen molar-refractivity contribution < 1.29 is 4.79 Å². The van der Waals surface area contributed by atoms with Crippen molar-refractivity contribution in [1.82, 2.24) is 19.3 Å². The van der Waals surface area contributed by atoms with Crippen molar-refractivity contribution in [1.29, 1.82) is 0 Å². The van der Waals surface area contributed by atoms with Gasteiger partial charge in [0.25, 0.3) is 5.91 Å². The summed E-state index contributed by atoms with van der Waals surface area (Å²) < 4.78 is 4.25. The summed E-state index contributed by atoms with van der Waals surface area (Å²) in [6.45, 7) is 0. The fourth-order valence-electron chi connectivity index (χ4n) is 2.38. The molecule has 3 heterocycles. The number of amides is 1. The third-order valence-electron chi connectivity index (χ3n) is 3.50. The zero-order chi connectivity index (χ0) is 17.2. The molecule has 0 aliphatic heterocycles. The highest BCUT2D eigenvalue weighted by molar-refractivity contribution is 7.10. The molecular weight excluding hydrogens is 358 g/mol. The number of hydrogen-bond donors (Lipinski definition) is 1. The van der Waals surface area contributed by atoms with Gasteiger partial charge in [-0.15, -0.1) is 0 Å². The zero-order valence-corrected chi connectivity index (χ0v) is 14.3. The first kappa shape index (κ1) is 15.6. The first-order valence-electron chi connectivity index (χ1n) is 7.31. The van der Waals surface area contributed by atoms with Crippen molar-refractivity contribution in [2.24, 2.45) is 0 Å². The molecule has 4 rings (SSSR count). The summed E-state index contributed by atoms with van der Waals surface area (Å²) in [5, 5.41) is 4.16. The van der Waals surface area contributed by atoms with E-state index in [4.69, 9.17) is 11.6 Å². The Morgan fingerprint density at radius 3 is 2.84 bits per heavy atom. The average Bonchev–Trinajstić information content (AvgIpc) is 3.10. The highest BCUT2D eigenvalue weighted by atomic mass is 35.5. The lowest BCUT2D eigenvalue weighted by Gasteiger charge is -2.06. The summed E-state index contributed by atoms with van der Waals surface area (Å²) in [6.07, 6.45) is 3.35. The van der Waals surface area contributed by atoms with Gasteiger partial charge in [-0.3, -0.25) is 15.1 Å². The number of halogens is 1. The van der Waals surface area contributed by atoms with Crippen LogP contribution >= 0.6 is 23.1 Å². The Kier molecular flexibility index (Phi) is 4.09. The lowest BCUT2D eigenvalue weighted by molar-refractivity contribution is 0.102. The number of carbonyl (C=O) groups excluding carboxylic acids is 1. The second kappa shape index (κ2) is 6.54. The van der Waals surface area contributed by atoms with E-state index < -0.39 is 0 Å². The molecule has 1 amide bonds. The molecule has 8 heteroatoms. The molecular formula is C17H10ClN5OS. The highest BCUT2D eigenvalue weighted by Crippen LogP contribution is 2.24. The van der Waals surface area contributed by atoms with Gasteiger partial charge in [0.1, 0.15) is 5.15 Å². The summed E-state index contributed by atoms with van der Waals surface area (Å²) in [4.78, 5) is 25.3. The highest BCUT2D eigenvalue weighted by Gasteiger charge is 2.15. The SMILES string of the molecule is O=C(Nc1nc(-c2cccnc2)ns1)c1cc(Cl)nc2ccccc12. The van der Waals surface area contributed by atoms with Crippen LogP contribution in [-0.4, -0.2) is 25.2 Å². The van der Waals surface area contributed by atoms with Gasteiger partial charge in [-0.25, -0.2) is 4.98 Å². The zero-order valence-electron chi connectivity index (χ0n) is 12.7. The third-order valence-corrected chi connectivity index (χ3v) is 4.32. The number of aromatic nitrogens is 4. The van der Waals surface area contributed by atoms with E-state index in [0.717, 1.165) is 22.5 Å². The quantitative estimate of drug-likeness (QED) is 0.552. The number of hydrogen-bond acceptors (Lipinski definition) is 6. The van der Waals surface area contributed by atoms with E-state index in [1.807, 2.05) is 30.3 Å². The first-order chi connectivity index (χ1) is 12.2. The molecule has 0 radical (unpaired) electrons. The molecule has 0 unspecified atom stereocenters. The molecule has 0 saturated carbocycles. The van der Waals surface area contributed by atoms with Crippen molar-refractivity contribution in [3.63, 3.8) is 0 Å². The van der Waals surface area contributed by atoms with Gasteiger partial charge in [-0.2, -0.15) is 9.36 Å². The van der Waals surface area contributed by atoms with Crippen LogP contribution in [0.3, 0.4) is 0 Å². The molecule has 0 fully saturated rings. The summed E-state index contributed by atoms with van der Waals surface area (Å²) in [5.74, 6) is 0.209. The number of benzene rings is 1. The molecule has 0 spiro atoms. The van der Waals surface area contributed by atoms with Crippen LogP contribution in [0.1, 0.15) is 10.4 Å². The van der Waals surface area contributed by atoms with Gasteiger partial charge in [0.05, 0.1) is 11.1 Å². The Morgan fingerprint density at radius 1 is 1.12 bits per heavy atom. The predicted molar refractivity (Wildman–Crippen MR) is 97.8 cm³/mol. The Labute approximate surface area is 151 Å². The Bertz CT molecular complexity index is 1070. The largest absolute Gasteiger partial charge is 0.297 e. The lowest BCUT2D eigenvalue weighted by Crippen LogP contribution is -2.12. The maximum Gasteiger partial charge on any atom is 0.258 e. The third kappa shape index (κ3) is 3.19. The van der Waals surface area contributed by atoms with Gasteiger partial charge in [0, 0.05) is 34.9 Å². The number of nitrogens with zero attached hydrogens (tertiary/aromatic N) is 4. The van der Waals surface area contributed by atoms with Crippen LogP contribution in [0.15, 0.2) is 54.9 Å². The number of nitrogens with one attached hydrogen (secondary N) is 1. The van der Waals surface area contributed by atoms with Crippen LogP contribution in [-0.2, 0) is 0 Å². The Balaban J connectivity index is 1.64. The summed E-state index contributed by atoms with van der Waals surface area (Å²) in [6, 6.07) is 12.5. The summed E-state index contributed by atoms with van der Waals surface area (Å²) in [5.41, 5.74) is 1.89. The van der Waals surface area contributed by atoms with Crippen LogP contribution < -0.4 is 5.32 Å². The normalized spacial score (nSPS) is 10.8. The van der Waals surface area contributed by atoms with Crippen molar-refractivity contribution in [3.8, 4) is 11.4 Å². The van der Waals surface area contributed by atoms with Crippen molar-refractivity contribution >= 4 is 45.1 Å². The smallest absolute Gasteiger partial charge is 0.258 e. The Morgan fingerprint density at radius 2 is 2.00 bits per heavy atom. The molecule has 0 atom stereocenters. The molecule has 6 nitrogen and oxygen atoms in total. The molecule has 0 aliphatic carbocycles. The standard InChI is InChI=1S/C17H10ClN5OS/c18-14-8-12(11-5-1-2-6-13(11)20-14)16(24)22-17-21-15(23-25-17)10-4-3-7-19-9-10/h1-9H,(H,21,22,23,24). The minimum absolute atomic E-state index is 0.261. The fraction of sp³-hybridized carbons (Fsp3) is 0. The second-order valence-corrected chi connectivity index (χ2v) is 6.27. The van der Waals surface area contributed by atoms with E-state index in [-0.39, 0.29) is 11.1 Å². The number of fused-ring (bicyclic) bond motifs is 1. The maximum atomic E-state index is 12.7. The minimum atomic E-state index is -0.311. The van der Waals surface area contributed by atoms with E-state index in [1.54, 1.807) is 24.5 Å². The van der Waals surface area contributed by atoms with E-state index in [0.29, 0.717) is 22.0 Å². The van der Waals surface area contributed by atoms with E-state index in [9.17, 15) is 4.79 Å². The number of rotatable bonds is 3. The van der Waals surface area contributed by atoms with Gasteiger partial charge >= 0.3 is 0 Å². The van der Waals surface area contributed by atoms with Crippen molar-refractivity contribution in [2.45, 2.75) is 0 Å². The average molecular weight is 368 g/mol. The lowest BCUT2D eigenvalue weighted by atomic mass is 10.1. The number of pyridine rings is 2.